The number of nitrogens with one attached hydrogen (secondary N) is 1. The molecule has 0 bridgehead atoms. The van der Waals surface area contributed by atoms with E-state index >= 15 is 0 Å². The zero-order valence-corrected chi connectivity index (χ0v) is 11.2. The molecule has 0 radical (unpaired) electrons. The van der Waals surface area contributed by atoms with Crippen LogP contribution in [0.5, 0.6) is 0 Å². The molecule has 0 saturated heterocycles. The number of nitrogens with zero attached hydrogens (tertiary/aromatic N) is 4. The summed E-state index contributed by atoms with van der Waals surface area (Å²) >= 11 is 0. The fraction of sp³-hybridized carbons (Fsp3) is 0.500. The van der Waals surface area contributed by atoms with Gasteiger partial charge in [-0.25, -0.2) is 4.68 Å². The van der Waals surface area contributed by atoms with E-state index in [4.69, 9.17) is 0 Å². The lowest BCUT2D eigenvalue weighted by Crippen LogP contribution is -2.23. The van der Waals surface area contributed by atoms with E-state index in [9.17, 15) is 0 Å². The maximum absolute atomic E-state index is 3.87. The van der Waals surface area contributed by atoms with Gasteiger partial charge in [-0.05, 0) is 54.0 Å². The Hall–Kier alpha value is -1.91. The average Bonchev–Trinajstić information content (AvgIpc) is 2.89. The van der Waals surface area contributed by atoms with Crippen molar-refractivity contribution in [1.82, 2.24) is 20.2 Å². The lowest BCUT2D eigenvalue weighted by atomic mass is 9.81. The van der Waals surface area contributed by atoms with Crippen molar-refractivity contribution in [3.05, 3.63) is 30.6 Å². The normalized spacial score (nSPS) is 16.9. The Kier molecular flexibility index (Phi) is 3.44. The summed E-state index contributed by atoms with van der Waals surface area (Å²) in [6, 6.07) is 8.73. The van der Waals surface area contributed by atoms with Crippen molar-refractivity contribution < 1.29 is 0 Å². The molecule has 2 aromatic rings. The third-order valence-electron chi connectivity index (χ3n) is 3.81. The van der Waals surface area contributed by atoms with Gasteiger partial charge in [0.2, 0.25) is 0 Å². The Morgan fingerprint density at radius 2 is 2.11 bits per heavy atom. The topological polar surface area (TPSA) is 55.6 Å². The third-order valence-corrected chi connectivity index (χ3v) is 3.81. The van der Waals surface area contributed by atoms with E-state index in [1.54, 1.807) is 11.0 Å². The molecule has 1 aromatic heterocycles. The van der Waals surface area contributed by atoms with Crippen LogP contribution in [0.3, 0.4) is 0 Å². The number of tetrazole rings is 1. The molecule has 5 nitrogen and oxygen atoms in total. The van der Waals surface area contributed by atoms with Gasteiger partial charge in [-0.15, -0.1) is 5.10 Å². The lowest BCUT2D eigenvalue weighted by molar-refractivity contribution is 0.286. The average molecular weight is 257 g/mol. The van der Waals surface area contributed by atoms with Crippen molar-refractivity contribution in [2.24, 2.45) is 5.92 Å². The second kappa shape index (κ2) is 5.38. The minimum Gasteiger partial charge on any atom is -0.383 e. The van der Waals surface area contributed by atoms with Gasteiger partial charge >= 0.3 is 0 Å². The Bertz CT molecular complexity index is 501. The fourth-order valence-electron chi connectivity index (χ4n) is 2.56. The van der Waals surface area contributed by atoms with Gasteiger partial charge in [0.05, 0.1) is 5.69 Å². The van der Waals surface area contributed by atoms with Crippen LogP contribution in [0, 0.1) is 5.92 Å². The van der Waals surface area contributed by atoms with Crippen molar-refractivity contribution in [1.29, 1.82) is 0 Å². The Labute approximate surface area is 113 Å². The van der Waals surface area contributed by atoms with Gasteiger partial charge in [-0.3, -0.25) is 0 Å². The summed E-state index contributed by atoms with van der Waals surface area (Å²) in [5.74, 6) is 0.933. The van der Waals surface area contributed by atoms with Crippen molar-refractivity contribution in [2.45, 2.75) is 38.6 Å². The number of hydrogen-bond acceptors (Lipinski definition) is 4. The largest absolute Gasteiger partial charge is 0.383 e. The first kappa shape index (κ1) is 12.1. The van der Waals surface area contributed by atoms with Crippen molar-refractivity contribution in [3.8, 4) is 5.69 Å². The molecular formula is C14H19N5. The molecule has 1 heterocycles. The van der Waals surface area contributed by atoms with E-state index in [1.807, 2.05) is 12.1 Å². The molecule has 1 N–H and O–H groups in total. The standard InChI is InChI=1S/C14H19N5/c1-11(9-12-3-2-4-12)16-13-5-7-14(8-6-13)19-10-15-17-18-19/h5-8,10-12,16H,2-4,9H2,1H3. The molecule has 19 heavy (non-hydrogen) atoms. The minimum atomic E-state index is 0.532. The molecule has 1 fully saturated rings. The monoisotopic (exact) mass is 257 g/mol. The predicted molar refractivity (Wildman–Crippen MR) is 74.2 cm³/mol. The number of anilines is 1. The third kappa shape index (κ3) is 2.92. The molecule has 1 saturated carbocycles. The smallest absolute Gasteiger partial charge is 0.143 e. The van der Waals surface area contributed by atoms with Crippen LogP contribution >= 0.6 is 0 Å². The number of benzene rings is 1. The highest BCUT2D eigenvalue weighted by atomic mass is 15.5. The quantitative estimate of drug-likeness (QED) is 0.894. The summed E-state index contributed by atoms with van der Waals surface area (Å²) in [7, 11) is 0. The predicted octanol–water partition coefficient (Wildman–Crippen LogP) is 2.65. The summed E-state index contributed by atoms with van der Waals surface area (Å²) in [6.07, 6.45) is 7.10. The highest BCUT2D eigenvalue weighted by Crippen LogP contribution is 2.31. The maximum atomic E-state index is 3.87. The summed E-state index contributed by atoms with van der Waals surface area (Å²) in [5, 5.41) is 14.7. The van der Waals surface area contributed by atoms with Gasteiger partial charge in [-0.1, -0.05) is 19.3 Å². The maximum Gasteiger partial charge on any atom is 0.143 e. The molecule has 1 unspecified atom stereocenters. The molecular weight excluding hydrogens is 238 g/mol. The summed E-state index contributed by atoms with van der Waals surface area (Å²) < 4.78 is 1.65. The van der Waals surface area contributed by atoms with Crippen LogP contribution in [0.15, 0.2) is 30.6 Å². The zero-order chi connectivity index (χ0) is 13.1. The van der Waals surface area contributed by atoms with Gasteiger partial charge in [-0.2, -0.15) is 0 Å². The van der Waals surface area contributed by atoms with E-state index < -0.39 is 0 Å². The lowest BCUT2D eigenvalue weighted by Gasteiger charge is -2.28. The van der Waals surface area contributed by atoms with E-state index in [1.165, 1.54) is 25.7 Å². The van der Waals surface area contributed by atoms with E-state index in [-0.39, 0.29) is 0 Å². The van der Waals surface area contributed by atoms with Crippen LogP contribution in [0.4, 0.5) is 5.69 Å². The number of hydrogen-bond donors (Lipinski definition) is 1. The van der Waals surface area contributed by atoms with Gasteiger partial charge in [0.25, 0.3) is 0 Å². The SMILES string of the molecule is CC(CC1CCC1)Nc1ccc(-n2cnnn2)cc1. The number of aromatic nitrogens is 4. The molecule has 1 aliphatic rings. The Morgan fingerprint density at radius 3 is 2.68 bits per heavy atom. The van der Waals surface area contributed by atoms with Crippen LogP contribution in [-0.4, -0.2) is 26.2 Å². The summed E-state index contributed by atoms with van der Waals surface area (Å²) in [4.78, 5) is 0. The Balaban J connectivity index is 1.59. The molecule has 0 amide bonds. The number of rotatable bonds is 5. The second-order valence-corrected chi connectivity index (χ2v) is 5.38. The van der Waals surface area contributed by atoms with Crippen LogP contribution in [0.2, 0.25) is 0 Å². The van der Waals surface area contributed by atoms with Crippen LogP contribution in [0.25, 0.3) is 5.69 Å². The summed E-state index contributed by atoms with van der Waals surface area (Å²) in [5.41, 5.74) is 2.13. The van der Waals surface area contributed by atoms with E-state index in [0.717, 1.165) is 17.3 Å². The van der Waals surface area contributed by atoms with Crippen molar-refractivity contribution >= 4 is 5.69 Å². The second-order valence-electron chi connectivity index (χ2n) is 5.38. The van der Waals surface area contributed by atoms with Crippen LogP contribution in [-0.2, 0) is 0 Å². The molecule has 0 aliphatic heterocycles. The molecule has 3 rings (SSSR count). The van der Waals surface area contributed by atoms with Gasteiger partial charge in [0.15, 0.2) is 0 Å². The molecule has 1 aromatic carbocycles. The fourth-order valence-corrected chi connectivity index (χ4v) is 2.56. The molecule has 0 spiro atoms. The molecule has 100 valence electrons. The molecule has 1 aliphatic carbocycles. The van der Waals surface area contributed by atoms with Crippen LogP contribution in [0.1, 0.15) is 32.6 Å². The molecule has 1 atom stereocenters. The van der Waals surface area contributed by atoms with Crippen molar-refractivity contribution in [3.63, 3.8) is 0 Å². The highest BCUT2D eigenvalue weighted by molar-refractivity contribution is 5.48. The van der Waals surface area contributed by atoms with Gasteiger partial charge < -0.3 is 5.32 Å². The van der Waals surface area contributed by atoms with E-state index in [0.29, 0.717) is 6.04 Å². The Morgan fingerprint density at radius 1 is 1.32 bits per heavy atom. The minimum absolute atomic E-state index is 0.532. The van der Waals surface area contributed by atoms with E-state index in [2.05, 4.69) is 39.9 Å². The highest BCUT2D eigenvalue weighted by Gasteiger charge is 2.19. The first-order valence-electron chi connectivity index (χ1n) is 6.91. The van der Waals surface area contributed by atoms with Gasteiger partial charge in [0, 0.05) is 11.7 Å². The first-order valence-corrected chi connectivity index (χ1v) is 6.91. The van der Waals surface area contributed by atoms with Gasteiger partial charge in [0.1, 0.15) is 6.33 Å². The van der Waals surface area contributed by atoms with Crippen LogP contribution < -0.4 is 5.32 Å². The summed E-state index contributed by atoms with van der Waals surface area (Å²) in [6.45, 7) is 2.26. The molecule has 5 heteroatoms. The van der Waals surface area contributed by atoms with Crippen molar-refractivity contribution in [2.75, 3.05) is 5.32 Å². The zero-order valence-electron chi connectivity index (χ0n) is 11.2. The first-order chi connectivity index (χ1) is 9.31.